The lowest BCUT2D eigenvalue weighted by Crippen LogP contribution is -2.39. The summed E-state index contributed by atoms with van der Waals surface area (Å²) >= 11 is 1.93. The molecule has 1 fully saturated rings. The van der Waals surface area contributed by atoms with Crippen LogP contribution in [0, 0.1) is 11.8 Å². The van der Waals surface area contributed by atoms with Crippen molar-refractivity contribution < 1.29 is 4.79 Å². The topological polar surface area (TPSA) is 46.3 Å². The van der Waals surface area contributed by atoms with E-state index in [1.165, 1.54) is 0 Å². The van der Waals surface area contributed by atoms with E-state index in [0.717, 1.165) is 31.0 Å². The van der Waals surface area contributed by atoms with Crippen molar-refractivity contribution in [1.29, 1.82) is 0 Å². The molecule has 0 aliphatic carbocycles. The van der Waals surface area contributed by atoms with Crippen molar-refractivity contribution in [2.45, 2.75) is 26.7 Å². The maximum absolute atomic E-state index is 12.0. The molecular formula is C12H24N2OS. The monoisotopic (exact) mass is 244 g/mol. The van der Waals surface area contributed by atoms with E-state index in [1.54, 1.807) is 0 Å². The Morgan fingerprint density at radius 3 is 2.50 bits per heavy atom. The number of hydrogen-bond donors (Lipinski definition) is 1. The molecule has 1 unspecified atom stereocenters. The van der Waals surface area contributed by atoms with Gasteiger partial charge < -0.3 is 10.6 Å². The molecule has 2 N–H and O–H groups in total. The zero-order valence-corrected chi connectivity index (χ0v) is 11.3. The molecule has 1 heterocycles. The smallest absolute Gasteiger partial charge is 0.222 e. The molecule has 1 saturated heterocycles. The summed E-state index contributed by atoms with van der Waals surface area (Å²) in [6.07, 6.45) is 1.70. The minimum Gasteiger partial charge on any atom is -0.341 e. The van der Waals surface area contributed by atoms with Crippen LogP contribution in [-0.2, 0) is 4.79 Å². The van der Waals surface area contributed by atoms with Gasteiger partial charge in [-0.2, -0.15) is 11.8 Å². The molecule has 1 aliphatic heterocycles. The standard InChI is InChI=1S/C12H24N2OS/c1-10(2)7-11(9-13)8-12(15)14-3-5-16-6-4-14/h10-11H,3-9,13H2,1-2H3. The molecule has 3 nitrogen and oxygen atoms in total. The fourth-order valence-corrected chi connectivity index (χ4v) is 3.02. The second-order valence-electron chi connectivity index (χ2n) is 4.93. The minimum absolute atomic E-state index is 0.302. The van der Waals surface area contributed by atoms with Crippen molar-refractivity contribution in [3.63, 3.8) is 0 Å². The van der Waals surface area contributed by atoms with Gasteiger partial charge in [0.15, 0.2) is 0 Å². The number of carbonyl (C=O) groups is 1. The Labute approximate surface area is 103 Å². The number of rotatable bonds is 5. The molecule has 16 heavy (non-hydrogen) atoms. The van der Waals surface area contributed by atoms with Crippen LogP contribution >= 0.6 is 11.8 Å². The van der Waals surface area contributed by atoms with E-state index in [1.807, 2.05) is 16.7 Å². The van der Waals surface area contributed by atoms with Crippen LogP contribution in [0.1, 0.15) is 26.7 Å². The molecule has 1 rings (SSSR count). The van der Waals surface area contributed by atoms with E-state index in [4.69, 9.17) is 5.73 Å². The summed E-state index contributed by atoms with van der Waals surface area (Å²) in [6.45, 7) is 6.84. The summed E-state index contributed by atoms with van der Waals surface area (Å²) in [5, 5.41) is 0. The van der Waals surface area contributed by atoms with Gasteiger partial charge in [0.2, 0.25) is 5.91 Å². The minimum atomic E-state index is 0.302. The average molecular weight is 244 g/mol. The number of amides is 1. The van der Waals surface area contributed by atoms with Gasteiger partial charge in [-0.15, -0.1) is 0 Å². The molecule has 1 amide bonds. The highest BCUT2D eigenvalue weighted by Crippen LogP contribution is 2.17. The van der Waals surface area contributed by atoms with E-state index in [0.29, 0.717) is 30.7 Å². The number of hydrogen-bond acceptors (Lipinski definition) is 3. The van der Waals surface area contributed by atoms with Crippen molar-refractivity contribution >= 4 is 17.7 Å². The SMILES string of the molecule is CC(C)CC(CN)CC(=O)N1CCSCC1. The number of carbonyl (C=O) groups excluding carboxylic acids is 1. The van der Waals surface area contributed by atoms with Crippen LogP contribution in [0.5, 0.6) is 0 Å². The highest BCUT2D eigenvalue weighted by atomic mass is 32.2. The molecule has 0 aromatic rings. The Kier molecular flexibility index (Phi) is 6.21. The molecule has 1 atom stereocenters. The number of thioether (sulfide) groups is 1. The maximum Gasteiger partial charge on any atom is 0.222 e. The Bertz CT molecular complexity index is 215. The quantitative estimate of drug-likeness (QED) is 0.798. The Balaban J connectivity index is 2.35. The van der Waals surface area contributed by atoms with Crippen LogP contribution in [0.4, 0.5) is 0 Å². The first-order chi connectivity index (χ1) is 7.63. The van der Waals surface area contributed by atoms with Gasteiger partial charge in [0, 0.05) is 31.0 Å². The van der Waals surface area contributed by atoms with E-state index in [9.17, 15) is 4.79 Å². The fourth-order valence-electron chi connectivity index (χ4n) is 2.12. The summed E-state index contributed by atoms with van der Waals surface area (Å²) in [5.41, 5.74) is 5.72. The number of nitrogens with zero attached hydrogens (tertiary/aromatic N) is 1. The molecule has 4 heteroatoms. The van der Waals surface area contributed by atoms with Gasteiger partial charge in [-0.25, -0.2) is 0 Å². The van der Waals surface area contributed by atoms with Crippen molar-refractivity contribution in [3.05, 3.63) is 0 Å². The van der Waals surface area contributed by atoms with E-state index < -0.39 is 0 Å². The van der Waals surface area contributed by atoms with Gasteiger partial charge in [-0.05, 0) is 24.8 Å². The second-order valence-corrected chi connectivity index (χ2v) is 6.15. The molecule has 0 spiro atoms. The fraction of sp³-hybridized carbons (Fsp3) is 0.917. The third-order valence-corrected chi connectivity index (χ3v) is 3.91. The van der Waals surface area contributed by atoms with Crippen LogP contribution in [0.2, 0.25) is 0 Å². The van der Waals surface area contributed by atoms with Crippen LogP contribution in [0.25, 0.3) is 0 Å². The lowest BCUT2D eigenvalue weighted by molar-refractivity contribution is -0.131. The van der Waals surface area contributed by atoms with Gasteiger partial charge in [-0.3, -0.25) is 4.79 Å². The van der Waals surface area contributed by atoms with E-state index >= 15 is 0 Å². The third-order valence-electron chi connectivity index (χ3n) is 2.97. The van der Waals surface area contributed by atoms with Crippen molar-refractivity contribution in [3.8, 4) is 0 Å². The summed E-state index contributed by atoms with van der Waals surface area (Å²) in [7, 11) is 0. The van der Waals surface area contributed by atoms with Gasteiger partial charge in [0.1, 0.15) is 0 Å². The first kappa shape index (κ1) is 13.8. The van der Waals surface area contributed by atoms with Crippen LogP contribution in [0.3, 0.4) is 0 Å². The lowest BCUT2D eigenvalue weighted by Gasteiger charge is -2.28. The average Bonchev–Trinajstić information content (AvgIpc) is 2.28. The number of nitrogens with two attached hydrogens (primary N) is 1. The van der Waals surface area contributed by atoms with Crippen LogP contribution in [0.15, 0.2) is 0 Å². The molecule has 0 aromatic heterocycles. The predicted octanol–water partition coefficient (Wildman–Crippen LogP) is 1.57. The van der Waals surface area contributed by atoms with Crippen molar-refractivity contribution in [1.82, 2.24) is 4.90 Å². The van der Waals surface area contributed by atoms with Gasteiger partial charge in [0.05, 0.1) is 0 Å². The first-order valence-electron chi connectivity index (χ1n) is 6.19. The zero-order chi connectivity index (χ0) is 12.0. The molecule has 1 aliphatic rings. The highest BCUT2D eigenvalue weighted by molar-refractivity contribution is 7.99. The Hall–Kier alpha value is -0.220. The second kappa shape index (κ2) is 7.17. The van der Waals surface area contributed by atoms with Crippen LogP contribution in [-0.4, -0.2) is 41.9 Å². The van der Waals surface area contributed by atoms with Gasteiger partial charge in [-0.1, -0.05) is 13.8 Å². The molecular weight excluding hydrogens is 220 g/mol. The lowest BCUT2D eigenvalue weighted by atomic mass is 9.94. The molecule has 0 bridgehead atoms. The Morgan fingerprint density at radius 1 is 1.38 bits per heavy atom. The largest absolute Gasteiger partial charge is 0.341 e. The van der Waals surface area contributed by atoms with Gasteiger partial charge in [0.25, 0.3) is 0 Å². The molecule has 0 saturated carbocycles. The van der Waals surface area contributed by atoms with E-state index in [2.05, 4.69) is 13.8 Å². The summed E-state index contributed by atoms with van der Waals surface area (Å²) < 4.78 is 0. The molecule has 0 radical (unpaired) electrons. The highest BCUT2D eigenvalue weighted by Gasteiger charge is 2.20. The first-order valence-corrected chi connectivity index (χ1v) is 7.34. The van der Waals surface area contributed by atoms with Crippen LogP contribution < -0.4 is 5.73 Å². The molecule has 0 aromatic carbocycles. The summed E-state index contributed by atoms with van der Waals surface area (Å²) in [6, 6.07) is 0. The zero-order valence-electron chi connectivity index (χ0n) is 10.4. The third kappa shape index (κ3) is 4.74. The van der Waals surface area contributed by atoms with Crippen molar-refractivity contribution in [2.75, 3.05) is 31.1 Å². The maximum atomic E-state index is 12.0. The predicted molar refractivity (Wildman–Crippen MR) is 70.5 cm³/mol. The summed E-state index contributed by atoms with van der Waals surface area (Å²) in [5.74, 6) is 3.46. The van der Waals surface area contributed by atoms with Crippen molar-refractivity contribution in [2.24, 2.45) is 17.6 Å². The summed E-state index contributed by atoms with van der Waals surface area (Å²) in [4.78, 5) is 14.0. The van der Waals surface area contributed by atoms with E-state index in [-0.39, 0.29) is 0 Å². The molecule has 94 valence electrons. The Morgan fingerprint density at radius 2 is 2.00 bits per heavy atom. The normalized spacial score (nSPS) is 18.9. The van der Waals surface area contributed by atoms with Gasteiger partial charge >= 0.3 is 0 Å².